The molecule has 0 atom stereocenters. The number of piperidine rings is 1. The molecule has 1 saturated heterocycles. The van der Waals surface area contributed by atoms with Crippen LogP contribution in [-0.4, -0.2) is 47.0 Å². The topological polar surface area (TPSA) is 67.4 Å². The summed E-state index contributed by atoms with van der Waals surface area (Å²) in [5.74, 6) is -0.143. The molecule has 0 unspecified atom stereocenters. The van der Waals surface area contributed by atoms with E-state index in [1.807, 2.05) is 6.92 Å². The number of benzene rings is 1. The van der Waals surface area contributed by atoms with E-state index in [0.717, 1.165) is 35.9 Å². The van der Waals surface area contributed by atoms with Gasteiger partial charge < -0.3 is 10.1 Å². The number of hydrogen-bond acceptors (Lipinski definition) is 6. The Labute approximate surface area is 158 Å². The predicted octanol–water partition coefficient (Wildman–Crippen LogP) is 3.56. The first-order chi connectivity index (χ1) is 12.8. The van der Waals surface area contributed by atoms with Crippen molar-refractivity contribution >= 4 is 22.9 Å². The SMILES string of the molecule is Cc1nnc(C2CCN(CC(=O)Nc3ccc(OC(F)(F)F)cc3)CC2)s1. The normalized spacial score (nSPS) is 16.3. The number of carbonyl (C=O) groups excluding carboxylic acids is 1. The van der Waals surface area contributed by atoms with Crippen LogP contribution in [0.5, 0.6) is 5.75 Å². The summed E-state index contributed by atoms with van der Waals surface area (Å²) >= 11 is 1.61. The van der Waals surface area contributed by atoms with Gasteiger partial charge in [-0.05, 0) is 57.1 Å². The largest absolute Gasteiger partial charge is 0.573 e. The van der Waals surface area contributed by atoms with E-state index in [4.69, 9.17) is 0 Å². The molecule has 10 heteroatoms. The Balaban J connectivity index is 1.44. The van der Waals surface area contributed by atoms with Crippen LogP contribution >= 0.6 is 11.3 Å². The fourth-order valence-corrected chi connectivity index (χ4v) is 3.83. The number of likely N-dealkylation sites (tertiary alicyclic amines) is 1. The summed E-state index contributed by atoms with van der Waals surface area (Å²) in [7, 11) is 0. The first kappa shape index (κ1) is 19.6. The Bertz CT molecular complexity index is 771. The molecule has 0 aliphatic carbocycles. The zero-order valence-corrected chi connectivity index (χ0v) is 15.4. The van der Waals surface area contributed by atoms with E-state index in [9.17, 15) is 18.0 Å². The van der Waals surface area contributed by atoms with Gasteiger partial charge in [-0.2, -0.15) is 0 Å². The summed E-state index contributed by atoms with van der Waals surface area (Å²) in [6.07, 6.45) is -2.89. The molecule has 146 valence electrons. The summed E-state index contributed by atoms with van der Waals surface area (Å²) in [4.78, 5) is 14.2. The van der Waals surface area contributed by atoms with Crippen LogP contribution in [0.2, 0.25) is 0 Å². The molecule has 1 amide bonds. The summed E-state index contributed by atoms with van der Waals surface area (Å²) in [6.45, 7) is 3.75. The maximum Gasteiger partial charge on any atom is 0.573 e. The smallest absolute Gasteiger partial charge is 0.406 e. The number of halogens is 3. The van der Waals surface area contributed by atoms with E-state index >= 15 is 0 Å². The molecular formula is C17H19F3N4O2S. The minimum Gasteiger partial charge on any atom is -0.406 e. The van der Waals surface area contributed by atoms with Crippen molar-refractivity contribution in [1.82, 2.24) is 15.1 Å². The van der Waals surface area contributed by atoms with Gasteiger partial charge in [-0.1, -0.05) is 0 Å². The van der Waals surface area contributed by atoms with Gasteiger partial charge in [-0.3, -0.25) is 9.69 Å². The van der Waals surface area contributed by atoms with Crippen LogP contribution in [0.4, 0.5) is 18.9 Å². The van der Waals surface area contributed by atoms with E-state index in [2.05, 4.69) is 25.2 Å². The highest BCUT2D eigenvalue weighted by Crippen LogP contribution is 2.30. The van der Waals surface area contributed by atoms with Crippen molar-refractivity contribution < 1.29 is 22.7 Å². The highest BCUT2D eigenvalue weighted by Gasteiger charge is 2.31. The number of anilines is 1. The molecule has 2 aromatic rings. The first-order valence-corrected chi connectivity index (χ1v) is 9.28. The second-order valence-electron chi connectivity index (χ2n) is 6.33. The number of rotatable bonds is 5. The van der Waals surface area contributed by atoms with Crippen molar-refractivity contribution in [2.45, 2.75) is 32.0 Å². The molecule has 1 aliphatic rings. The molecule has 0 saturated carbocycles. The molecule has 1 N–H and O–H groups in total. The number of aryl methyl sites for hydroxylation is 1. The van der Waals surface area contributed by atoms with Crippen molar-refractivity contribution in [3.8, 4) is 5.75 Å². The van der Waals surface area contributed by atoms with Crippen molar-refractivity contribution in [1.29, 1.82) is 0 Å². The standard InChI is InChI=1S/C17H19F3N4O2S/c1-11-22-23-16(27-11)12-6-8-24(9-7-12)10-15(25)21-13-2-4-14(5-3-13)26-17(18,19)20/h2-5,12H,6-10H2,1H3,(H,21,25). The van der Waals surface area contributed by atoms with E-state index < -0.39 is 6.36 Å². The number of amides is 1. The monoisotopic (exact) mass is 400 g/mol. The molecule has 3 rings (SSSR count). The molecule has 27 heavy (non-hydrogen) atoms. The van der Waals surface area contributed by atoms with Crippen LogP contribution in [0.3, 0.4) is 0 Å². The average molecular weight is 400 g/mol. The number of alkyl halides is 3. The molecule has 1 aromatic heterocycles. The number of hydrogen-bond donors (Lipinski definition) is 1. The van der Waals surface area contributed by atoms with Crippen LogP contribution < -0.4 is 10.1 Å². The van der Waals surface area contributed by atoms with E-state index in [1.54, 1.807) is 11.3 Å². The van der Waals surface area contributed by atoms with Gasteiger partial charge >= 0.3 is 6.36 Å². The molecule has 0 radical (unpaired) electrons. The number of carbonyl (C=O) groups is 1. The fourth-order valence-electron chi connectivity index (χ4n) is 2.96. The van der Waals surface area contributed by atoms with Gasteiger partial charge in [0.15, 0.2) is 0 Å². The second-order valence-corrected chi connectivity index (χ2v) is 7.54. The van der Waals surface area contributed by atoms with Gasteiger partial charge in [0.25, 0.3) is 0 Å². The molecule has 1 fully saturated rings. The van der Waals surface area contributed by atoms with Gasteiger partial charge in [0.1, 0.15) is 15.8 Å². The summed E-state index contributed by atoms with van der Waals surface area (Å²) < 4.78 is 40.2. The van der Waals surface area contributed by atoms with E-state index in [-0.39, 0.29) is 18.2 Å². The van der Waals surface area contributed by atoms with Crippen LogP contribution in [-0.2, 0) is 4.79 Å². The average Bonchev–Trinajstić information content (AvgIpc) is 3.02. The van der Waals surface area contributed by atoms with Gasteiger partial charge in [0, 0.05) is 11.6 Å². The quantitative estimate of drug-likeness (QED) is 0.831. The van der Waals surface area contributed by atoms with Crippen LogP contribution in [0.15, 0.2) is 24.3 Å². The van der Waals surface area contributed by atoms with Crippen molar-refractivity contribution in [3.63, 3.8) is 0 Å². The molecule has 1 aliphatic heterocycles. The van der Waals surface area contributed by atoms with Gasteiger partial charge in [-0.25, -0.2) is 0 Å². The first-order valence-electron chi connectivity index (χ1n) is 8.46. The fraction of sp³-hybridized carbons (Fsp3) is 0.471. The van der Waals surface area contributed by atoms with E-state index in [1.165, 1.54) is 24.3 Å². The highest BCUT2D eigenvalue weighted by atomic mass is 32.1. The third-order valence-corrected chi connectivity index (χ3v) is 5.22. The van der Waals surface area contributed by atoms with Crippen LogP contribution in [0.25, 0.3) is 0 Å². The number of aromatic nitrogens is 2. The summed E-state index contributed by atoms with van der Waals surface area (Å²) in [5.41, 5.74) is 0.425. The lowest BCUT2D eigenvalue weighted by molar-refractivity contribution is -0.274. The number of ether oxygens (including phenoxy) is 1. The molecule has 1 aromatic carbocycles. The third kappa shape index (κ3) is 5.90. The summed E-state index contributed by atoms with van der Waals surface area (Å²) in [5, 5.41) is 13.0. The molecule has 2 heterocycles. The highest BCUT2D eigenvalue weighted by molar-refractivity contribution is 7.11. The Morgan fingerprint density at radius 2 is 1.93 bits per heavy atom. The van der Waals surface area contributed by atoms with Crippen LogP contribution in [0, 0.1) is 6.92 Å². The van der Waals surface area contributed by atoms with Crippen molar-refractivity contribution in [3.05, 3.63) is 34.3 Å². The zero-order valence-electron chi connectivity index (χ0n) is 14.6. The van der Waals surface area contributed by atoms with Crippen LogP contribution in [0.1, 0.15) is 28.8 Å². The summed E-state index contributed by atoms with van der Waals surface area (Å²) in [6, 6.07) is 5.09. The lowest BCUT2D eigenvalue weighted by Gasteiger charge is -2.30. The predicted molar refractivity (Wildman–Crippen MR) is 94.8 cm³/mol. The van der Waals surface area contributed by atoms with Crippen molar-refractivity contribution in [2.75, 3.05) is 25.0 Å². The molecule has 0 bridgehead atoms. The number of nitrogens with zero attached hydrogens (tertiary/aromatic N) is 3. The Morgan fingerprint density at radius 3 is 2.48 bits per heavy atom. The van der Waals surface area contributed by atoms with Gasteiger partial charge in [0.2, 0.25) is 5.91 Å². The second kappa shape index (κ2) is 8.22. The maximum atomic E-state index is 12.2. The Kier molecular flexibility index (Phi) is 5.95. The Hall–Kier alpha value is -2.20. The van der Waals surface area contributed by atoms with Gasteiger partial charge in [0.05, 0.1) is 6.54 Å². The molecular weight excluding hydrogens is 381 g/mol. The minimum absolute atomic E-state index is 0.204. The third-order valence-electron chi connectivity index (χ3n) is 4.22. The minimum atomic E-state index is -4.73. The van der Waals surface area contributed by atoms with E-state index in [0.29, 0.717) is 11.6 Å². The van der Waals surface area contributed by atoms with Crippen molar-refractivity contribution in [2.24, 2.45) is 0 Å². The molecule has 0 spiro atoms. The molecule has 6 nitrogen and oxygen atoms in total. The van der Waals surface area contributed by atoms with Gasteiger partial charge in [-0.15, -0.1) is 34.7 Å². The number of nitrogens with one attached hydrogen (secondary N) is 1. The lowest BCUT2D eigenvalue weighted by atomic mass is 9.98. The maximum absolute atomic E-state index is 12.2. The lowest BCUT2D eigenvalue weighted by Crippen LogP contribution is -2.38. The zero-order chi connectivity index (χ0) is 19.4. The Morgan fingerprint density at radius 1 is 1.26 bits per heavy atom.